The second-order valence-electron chi connectivity index (χ2n) is 6.77. The monoisotopic (exact) mass is 406 g/mol. The molecule has 0 unspecified atom stereocenters. The van der Waals surface area contributed by atoms with Crippen molar-refractivity contribution in [3.63, 3.8) is 0 Å². The number of carbonyl (C=O) groups excluding carboxylic acids is 2. The summed E-state index contributed by atoms with van der Waals surface area (Å²) in [4.78, 5) is 25.8. The summed E-state index contributed by atoms with van der Waals surface area (Å²) in [6.45, 7) is 1.28. The lowest BCUT2D eigenvalue weighted by molar-refractivity contribution is -0.117. The van der Waals surface area contributed by atoms with E-state index >= 15 is 0 Å². The van der Waals surface area contributed by atoms with Crippen molar-refractivity contribution < 1.29 is 27.8 Å². The van der Waals surface area contributed by atoms with Crippen molar-refractivity contribution in [1.29, 1.82) is 0 Å². The highest BCUT2D eigenvalue weighted by molar-refractivity contribution is 5.94. The van der Waals surface area contributed by atoms with Crippen molar-refractivity contribution in [3.8, 4) is 5.75 Å². The Kier molecular flexibility index (Phi) is 8.09. The van der Waals surface area contributed by atoms with E-state index < -0.39 is 12.6 Å². The van der Waals surface area contributed by atoms with Gasteiger partial charge in [0.15, 0.2) is 0 Å². The standard InChI is InChI=1S/C21H24F2N2O4/c1-14(2)28-20(27)16-6-8-17(9-7-16)24-19(26)13-25(3)12-15-4-10-18(11-5-15)29-21(22)23/h4-11,14,21H,12-13H2,1-3H3,(H,24,26). The number of nitrogens with one attached hydrogen (secondary N) is 1. The van der Waals surface area contributed by atoms with Crippen LogP contribution in [0.5, 0.6) is 5.75 Å². The summed E-state index contributed by atoms with van der Waals surface area (Å²) in [6.07, 6.45) is -0.203. The van der Waals surface area contributed by atoms with Crippen molar-refractivity contribution >= 4 is 17.6 Å². The number of rotatable bonds is 9. The number of amides is 1. The third kappa shape index (κ3) is 7.87. The van der Waals surface area contributed by atoms with Gasteiger partial charge in [-0.15, -0.1) is 0 Å². The van der Waals surface area contributed by atoms with Crippen molar-refractivity contribution in [2.75, 3.05) is 18.9 Å². The maximum Gasteiger partial charge on any atom is 0.387 e. The molecule has 0 fully saturated rings. The molecule has 0 aliphatic rings. The molecule has 0 saturated heterocycles. The first-order valence-corrected chi connectivity index (χ1v) is 9.06. The molecule has 6 nitrogen and oxygen atoms in total. The number of likely N-dealkylation sites (N-methyl/N-ethyl adjacent to an activating group) is 1. The van der Waals surface area contributed by atoms with Gasteiger partial charge in [0.25, 0.3) is 0 Å². The summed E-state index contributed by atoms with van der Waals surface area (Å²) < 4.78 is 33.8. The Labute approximate surface area is 168 Å². The molecule has 0 spiro atoms. The van der Waals surface area contributed by atoms with Crippen LogP contribution in [-0.2, 0) is 16.1 Å². The molecule has 0 bridgehead atoms. The van der Waals surface area contributed by atoms with Gasteiger partial charge in [-0.3, -0.25) is 9.69 Å². The zero-order valence-electron chi connectivity index (χ0n) is 16.5. The molecule has 0 aliphatic carbocycles. The Morgan fingerprint density at radius 2 is 1.66 bits per heavy atom. The fourth-order valence-corrected chi connectivity index (χ4v) is 2.56. The van der Waals surface area contributed by atoms with E-state index in [9.17, 15) is 18.4 Å². The number of ether oxygens (including phenoxy) is 2. The maximum atomic E-state index is 12.2. The average molecular weight is 406 g/mol. The molecular weight excluding hydrogens is 382 g/mol. The van der Waals surface area contributed by atoms with Crippen LogP contribution in [0.1, 0.15) is 29.8 Å². The molecular formula is C21H24F2N2O4. The van der Waals surface area contributed by atoms with Crippen molar-refractivity contribution in [2.45, 2.75) is 33.1 Å². The van der Waals surface area contributed by atoms with E-state index in [0.717, 1.165) is 5.56 Å². The SMILES string of the molecule is CC(C)OC(=O)c1ccc(NC(=O)CN(C)Cc2ccc(OC(F)F)cc2)cc1. The van der Waals surface area contributed by atoms with E-state index in [-0.39, 0.29) is 24.3 Å². The van der Waals surface area contributed by atoms with E-state index in [1.54, 1.807) is 62.2 Å². The van der Waals surface area contributed by atoms with Crippen molar-refractivity contribution in [1.82, 2.24) is 4.90 Å². The molecule has 0 heterocycles. The first-order valence-electron chi connectivity index (χ1n) is 9.06. The molecule has 8 heteroatoms. The highest BCUT2D eigenvalue weighted by atomic mass is 19.3. The second-order valence-corrected chi connectivity index (χ2v) is 6.77. The van der Waals surface area contributed by atoms with E-state index in [4.69, 9.17) is 4.74 Å². The van der Waals surface area contributed by atoms with Gasteiger partial charge >= 0.3 is 12.6 Å². The molecule has 0 atom stereocenters. The Hall–Kier alpha value is -3.00. The highest BCUT2D eigenvalue weighted by Gasteiger charge is 2.11. The normalized spacial score (nSPS) is 11.0. The van der Waals surface area contributed by atoms with Gasteiger partial charge in [-0.05, 0) is 62.9 Å². The fourth-order valence-electron chi connectivity index (χ4n) is 2.56. The van der Waals surface area contributed by atoms with Crippen LogP contribution in [-0.4, -0.2) is 43.1 Å². The minimum absolute atomic E-state index is 0.0878. The van der Waals surface area contributed by atoms with Gasteiger partial charge in [0, 0.05) is 12.2 Å². The number of alkyl halides is 2. The van der Waals surface area contributed by atoms with E-state index in [1.165, 1.54) is 12.1 Å². The van der Waals surface area contributed by atoms with E-state index in [1.807, 2.05) is 0 Å². The van der Waals surface area contributed by atoms with Crippen LogP contribution >= 0.6 is 0 Å². The summed E-state index contributed by atoms with van der Waals surface area (Å²) in [5, 5.41) is 2.76. The van der Waals surface area contributed by atoms with Crippen LogP contribution < -0.4 is 10.1 Å². The number of halogens is 2. The summed E-state index contributed by atoms with van der Waals surface area (Å²) in [5.41, 5.74) is 1.83. The van der Waals surface area contributed by atoms with Gasteiger partial charge in [0.2, 0.25) is 5.91 Å². The topological polar surface area (TPSA) is 67.9 Å². The molecule has 2 aromatic carbocycles. The van der Waals surface area contributed by atoms with E-state index in [0.29, 0.717) is 17.8 Å². The van der Waals surface area contributed by atoms with Crippen LogP contribution in [0.2, 0.25) is 0 Å². The van der Waals surface area contributed by atoms with Crippen molar-refractivity contribution in [2.24, 2.45) is 0 Å². The van der Waals surface area contributed by atoms with Crippen LogP contribution in [0, 0.1) is 0 Å². The lowest BCUT2D eigenvalue weighted by Gasteiger charge is -2.17. The van der Waals surface area contributed by atoms with Crippen molar-refractivity contribution in [3.05, 3.63) is 59.7 Å². The highest BCUT2D eigenvalue weighted by Crippen LogP contribution is 2.16. The molecule has 29 heavy (non-hydrogen) atoms. The molecule has 0 aromatic heterocycles. The van der Waals surface area contributed by atoms with Gasteiger partial charge in [-0.25, -0.2) is 4.79 Å². The van der Waals surface area contributed by atoms with Gasteiger partial charge in [0.05, 0.1) is 18.2 Å². The molecule has 2 aromatic rings. The minimum Gasteiger partial charge on any atom is -0.459 e. The number of esters is 1. The van der Waals surface area contributed by atoms with Gasteiger partial charge in [-0.2, -0.15) is 8.78 Å². The maximum absolute atomic E-state index is 12.2. The first kappa shape index (κ1) is 22.3. The predicted octanol–water partition coefficient (Wildman–Crippen LogP) is 3.92. The molecule has 0 saturated carbocycles. The number of carbonyl (C=O) groups is 2. The summed E-state index contributed by atoms with van der Waals surface area (Å²) >= 11 is 0. The summed E-state index contributed by atoms with van der Waals surface area (Å²) in [7, 11) is 1.77. The number of hydrogen-bond acceptors (Lipinski definition) is 5. The zero-order valence-corrected chi connectivity index (χ0v) is 16.5. The molecule has 1 amide bonds. The Bertz CT molecular complexity index is 808. The minimum atomic E-state index is -2.86. The summed E-state index contributed by atoms with van der Waals surface area (Å²) in [5.74, 6) is -0.546. The third-order valence-electron chi connectivity index (χ3n) is 3.76. The number of anilines is 1. The number of hydrogen-bond donors (Lipinski definition) is 1. The van der Waals surface area contributed by atoms with Crippen LogP contribution in [0.3, 0.4) is 0 Å². The molecule has 2 rings (SSSR count). The van der Waals surface area contributed by atoms with Gasteiger partial charge < -0.3 is 14.8 Å². The summed E-state index contributed by atoms with van der Waals surface area (Å²) in [6, 6.07) is 12.7. The fraction of sp³-hybridized carbons (Fsp3) is 0.333. The van der Waals surface area contributed by atoms with Crippen LogP contribution in [0.25, 0.3) is 0 Å². The molecule has 0 aliphatic heterocycles. The largest absolute Gasteiger partial charge is 0.459 e. The average Bonchev–Trinajstić information content (AvgIpc) is 2.62. The predicted molar refractivity (Wildman–Crippen MR) is 105 cm³/mol. The first-order chi connectivity index (χ1) is 13.7. The quantitative estimate of drug-likeness (QED) is 0.640. The molecule has 156 valence electrons. The lowest BCUT2D eigenvalue weighted by atomic mass is 10.2. The van der Waals surface area contributed by atoms with Crippen LogP contribution in [0.15, 0.2) is 48.5 Å². The number of nitrogens with zero attached hydrogens (tertiary/aromatic N) is 1. The van der Waals surface area contributed by atoms with Crippen LogP contribution in [0.4, 0.5) is 14.5 Å². The third-order valence-corrected chi connectivity index (χ3v) is 3.76. The van der Waals surface area contributed by atoms with E-state index in [2.05, 4.69) is 10.1 Å². The van der Waals surface area contributed by atoms with Gasteiger partial charge in [-0.1, -0.05) is 12.1 Å². The lowest BCUT2D eigenvalue weighted by Crippen LogP contribution is -2.29. The Morgan fingerprint density at radius 3 is 2.21 bits per heavy atom. The second kappa shape index (κ2) is 10.5. The van der Waals surface area contributed by atoms with Gasteiger partial charge in [0.1, 0.15) is 5.75 Å². The smallest absolute Gasteiger partial charge is 0.387 e. The number of benzene rings is 2. The zero-order chi connectivity index (χ0) is 21.4. The Balaban J connectivity index is 1.83. The molecule has 0 radical (unpaired) electrons. The Morgan fingerprint density at radius 1 is 1.03 bits per heavy atom. The molecule has 1 N–H and O–H groups in total.